The summed E-state index contributed by atoms with van der Waals surface area (Å²) in [6.07, 6.45) is 1.98. The minimum Gasteiger partial charge on any atom is -0.283 e. The summed E-state index contributed by atoms with van der Waals surface area (Å²) in [5, 5.41) is 9.64. The number of nitrogens with zero attached hydrogens (tertiary/aromatic N) is 4. The Morgan fingerprint density at radius 2 is 1.79 bits per heavy atom. The molecule has 4 nitrogen and oxygen atoms in total. The molecule has 3 rings (SSSR count). The first-order valence-electron chi connectivity index (χ1n) is 7.93. The smallest absolute Gasteiger partial charge is 0.183 e. The molecule has 0 amide bonds. The van der Waals surface area contributed by atoms with Crippen LogP contribution in [0, 0.1) is 13.8 Å². The molecule has 0 aliphatic heterocycles. The van der Waals surface area contributed by atoms with Crippen LogP contribution in [0.1, 0.15) is 37.6 Å². The van der Waals surface area contributed by atoms with Crippen molar-refractivity contribution in [2.75, 3.05) is 0 Å². The molecule has 0 fully saturated rings. The van der Waals surface area contributed by atoms with Crippen LogP contribution in [0.4, 0.5) is 11.5 Å². The summed E-state index contributed by atoms with van der Waals surface area (Å²) in [7, 11) is 0. The van der Waals surface area contributed by atoms with Gasteiger partial charge in [0.25, 0.3) is 0 Å². The van der Waals surface area contributed by atoms with E-state index in [0.29, 0.717) is 5.02 Å². The van der Waals surface area contributed by atoms with Gasteiger partial charge in [-0.1, -0.05) is 44.5 Å². The number of halogens is 1. The zero-order valence-electron chi connectivity index (χ0n) is 14.6. The highest BCUT2D eigenvalue weighted by Crippen LogP contribution is 2.34. The molecule has 2 heterocycles. The SMILES string of the molecule is Cc1ccc(Cl)cc1N=Nc1c(C(C)(C)C)nc2c(C)cccn12. The van der Waals surface area contributed by atoms with Crippen LogP contribution in [0.15, 0.2) is 46.8 Å². The van der Waals surface area contributed by atoms with Crippen molar-refractivity contribution in [3.63, 3.8) is 0 Å². The molecule has 24 heavy (non-hydrogen) atoms. The molecule has 3 aromatic rings. The molecular weight excluding hydrogens is 320 g/mol. The Hall–Kier alpha value is -2.20. The Morgan fingerprint density at radius 3 is 2.50 bits per heavy atom. The Labute approximate surface area is 147 Å². The lowest BCUT2D eigenvalue weighted by Crippen LogP contribution is -2.11. The molecule has 0 bridgehead atoms. The lowest BCUT2D eigenvalue weighted by atomic mass is 9.92. The number of benzene rings is 1. The molecule has 0 N–H and O–H groups in total. The van der Waals surface area contributed by atoms with Crippen LogP contribution in [-0.4, -0.2) is 9.38 Å². The van der Waals surface area contributed by atoms with Gasteiger partial charge in [-0.3, -0.25) is 4.40 Å². The molecule has 1 aromatic carbocycles. The van der Waals surface area contributed by atoms with Crippen molar-refractivity contribution in [2.24, 2.45) is 10.2 Å². The first-order chi connectivity index (χ1) is 11.3. The summed E-state index contributed by atoms with van der Waals surface area (Å²) in [4.78, 5) is 4.82. The molecule has 2 aromatic heterocycles. The molecule has 0 atom stereocenters. The van der Waals surface area contributed by atoms with Gasteiger partial charge in [-0.15, -0.1) is 10.2 Å². The molecule has 5 heteroatoms. The second-order valence-corrected chi connectivity index (χ2v) is 7.49. The maximum absolute atomic E-state index is 6.08. The van der Waals surface area contributed by atoms with Crippen LogP contribution in [0.25, 0.3) is 5.65 Å². The highest BCUT2D eigenvalue weighted by Gasteiger charge is 2.24. The van der Waals surface area contributed by atoms with Crippen LogP contribution < -0.4 is 0 Å². The Balaban J connectivity index is 2.19. The number of pyridine rings is 1. The zero-order valence-corrected chi connectivity index (χ0v) is 15.4. The summed E-state index contributed by atoms with van der Waals surface area (Å²) in [5.41, 5.74) is 4.63. The fourth-order valence-electron chi connectivity index (χ4n) is 2.58. The second kappa shape index (κ2) is 6.02. The van der Waals surface area contributed by atoms with E-state index < -0.39 is 0 Å². The highest BCUT2D eigenvalue weighted by atomic mass is 35.5. The van der Waals surface area contributed by atoms with Crippen LogP contribution in [0.2, 0.25) is 5.02 Å². The van der Waals surface area contributed by atoms with Gasteiger partial charge in [0.05, 0.1) is 11.4 Å². The van der Waals surface area contributed by atoms with Crippen molar-refractivity contribution in [3.8, 4) is 0 Å². The Kier molecular flexibility index (Phi) is 4.18. The standard InChI is InChI=1S/C19H21ClN4/c1-12-8-9-14(20)11-15(12)22-23-18-16(19(3,4)5)21-17-13(2)7-6-10-24(17)18/h6-11H,1-5H3. The van der Waals surface area contributed by atoms with Gasteiger partial charge >= 0.3 is 0 Å². The number of hydrogen-bond acceptors (Lipinski definition) is 3. The summed E-state index contributed by atoms with van der Waals surface area (Å²) in [5.74, 6) is 0.764. The van der Waals surface area contributed by atoms with Crippen LogP contribution in [0.3, 0.4) is 0 Å². The minimum absolute atomic E-state index is 0.129. The van der Waals surface area contributed by atoms with Crippen molar-refractivity contribution in [1.29, 1.82) is 0 Å². The van der Waals surface area contributed by atoms with Crippen LogP contribution >= 0.6 is 11.6 Å². The molecular formula is C19H21ClN4. The van der Waals surface area contributed by atoms with Gasteiger partial charge in [0.15, 0.2) is 5.82 Å². The van der Waals surface area contributed by atoms with Gasteiger partial charge in [0, 0.05) is 16.6 Å². The first kappa shape index (κ1) is 16.7. The van der Waals surface area contributed by atoms with Gasteiger partial charge in [-0.2, -0.15) is 0 Å². The van der Waals surface area contributed by atoms with E-state index in [4.69, 9.17) is 16.6 Å². The van der Waals surface area contributed by atoms with Crippen LogP contribution in [0.5, 0.6) is 0 Å². The summed E-state index contributed by atoms with van der Waals surface area (Å²) in [6, 6.07) is 9.68. The maximum atomic E-state index is 6.08. The van der Waals surface area contributed by atoms with Crippen molar-refractivity contribution in [2.45, 2.75) is 40.0 Å². The Morgan fingerprint density at radius 1 is 1.04 bits per heavy atom. The van der Waals surface area contributed by atoms with Crippen molar-refractivity contribution in [3.05, 3.63) is 58.4 Å². The maximum Gasteiger partial charge on any atom is 0.183 e. The van der Waals surface area contributed by atoms with Gasteiger partial charge in [-0.25, -0.2) is 4.98 Å². The van der Waals surface area contributed by atoms with E-state index in [-0.39, 0.29) is 5.41 Å². The zero-order chi connectivity index (χ0) is 17.5. The second-order valence-electron chi connectivity index (χ2n) is 7.05. The molecule has 124 valence electrons. The third-order valence-corrected chi connectivity index (χ3v) is 4.19. The van der Waals surface area contributed by atoms with E-state index in [1.54, 1.807) is 0 Å². The number of fused-ring (bicyclic) bond motifs is 1. The number of imidazole rings is 1. The first-order valence-corrected chi connectivity index (χ1v) is 8.31. The summed E-state index contributed by atoms with van der Waals surface area (Å²) in [6.45, 7) is 10.4. The van der Waals surface area contributed by atoms with Crippen molar-refractivity contribution >= 4 is 28.8 Å². The number of hydrogen-bond donors (Lipinski definition) is 0. The number of aryl methyl sites for hydroxylation is 2. The van der Waals surface area contributed by atoms with Gasteiger partial charge in [-0.05, 0) is 43.2 Å². The molecule has 0 aliphatic rings. The van der Waals surface area contributed by atoms with Crippen molar-refractivity contribution < 1.29 is 0 Å². The quantitative estimate of drug-likeness (QED) is 0.503. The molecule has 0 unspecified atom stereocenters. The van der Waals surface area contributed by atoms with E-state index in [9.17, 15) is 0 Å². The van der Waals surface area contributed by atoms with E-state index in [1.807, 2.05) is 41.8 Å². The van der Waals surface area contributed by atoms with Crippen molar-refractivity contribution in [1.82, 2.24) is 9.38 Å². The van der Waals surface area contributed by atoms with E-state index in [0.717, 1.165) is 34.0 Å². The van der Waals surface area contributed by atoms with Gasteiger partial charge < -0.3 is 0 Å². The largest absolute Gasteiger partial charge is 0.283 e. The molecule has 0 radical (unpaired) electrons. The predicted octanol–water partition coefficient (Wildman–Crippen LogP) is 6.32. The van der Waals surface area contributed by atoms with E-state index in [2.05, 4.69) is 44.0 Å². The summed E-state index contributed by atoms with van der Waals surface area (Å²) < 4.78 is 2.00. The number of aromatic nitrogens is 2. The Bertz CT molecular complexity index is 932. The monoisotopic (exact) mass is 340 g/mol. The summed E-state index contributed by atoms with van der Waals surface area (Å²) >= 11 is 6.08. The van der Waals surface area contributed by atoms with Crippen LogP contribution in [-0.2, 0) is 5.41 Å². The highest BCUT2D eigenvalue weighted by molar-refractivity contribution is 6.30. The fourth-order valence-corrected chi connectivity index (χ4v) is 2.75. The molecule has 0 spiro atoms. The molecule has 0 saturated carbocycles. The third kappa shape index (κ3) is 3.06. The van der Waals surface area contributed by atoms with Gasteiger partial charge in [0.1, 0.15) is 5.65 Å². The minimum atomic E-state index is -0.129. The van der Waals surface area contributed by atoms with E-state index >= 15 is 0 Å². The molecule has 0 aliphatic carbocycles. The fraction of sp³-hybridized carbons (Fsp3) is 0.316. The number of rotatable bonds is 2. The third-order valence-electron chi connectivity index (χ3n) is 3.95. The average molecular weight is 341 g/mol. The predicted molar refractivity (Wildman–Crippen MR) is 99.0 cm³/mol. The topological polar surface area (TPSA) is 42.0 Å². The van der Waals surface area contributed by atoms with E-state index in [1.165, 1.54) is 0 Å². The molecule has 0 saturated heterocycles. The lowest BCUT2D eigenvalue weighted by Gasteiger charge is -2.15. The number of azo groups is 1. The average Bonchev–Trinajstić information content (AvgIpc) is 2.88. The normalized spacial score (nSPS) is 12.4. The van der Waals surface area contributed by atoms with Gasteiger partial charge in [0.2, 0.25) is 0 Å². The lowest BCUT2D eigenvalue weighted by molar-refractivity contribution is 0.573.